The van der Waals surface area contributed by atoms with E-state index in [2.05, 4.69) is 15.6 Å². The maximum atomic E-state index is 12.9. The predicted molar refractivity (Wildman–Crippen MR) is 118 cm³/mol. The second-order valence-electron chi connectivity index (χ2n) is 7.01. The molecule has 2 N–H and O–H groups in total. The van der Waals surface area contributed by atoms with Crippen molar-refractivity contribution in [1.82, 2.24) is 15.6 Å². The molecule has 0 aliphatic rings. The van der Waals surface area contributed by atoms with Crippen LogP contribution in [-0.4, -0.2) is 37.1 Å². The Labute approximate surface area is 191 Å². The Kier molecular flexibility index (Phi) is 7.42. The molecule has 0 unspecified atom stereocenters. The third-order valence-electron chi connectivity index (χ3n) is 4.71. The minimum Gasteiger partial charge on any atom is -0.493 e. The van der Waals surface area contributed by atoms with Crippen LogP contribution in [0.5, 0.6) is 11.5 Å². The smallest absolute Gasteiger partial charge is 0.433 e. The number of nitrogens with zero attached hydrogens (tertiary/aromatic N) is 1. The second-order valence-corrected chi connectivity index (χ2v) is 8.01. The van der Waals surface area contributed by atoms with Crippen LogP contribution in [0.2, 0.25) is 0 Å². The average Bonchev–Trinajstić information content (AvgIpc) is 3.12. The second kappa shape index (κ2) is 10.1. The lowest BCUT2D eigenvalue weighted by atomic mass is 10.1. The molecule has 0 bridgehead atoms. The fourth-order valence-corrected chi connectivity index (χ4v) is 4.17. The first kappa shape index (κ1) is 24.3. The largest absolute Gasteiger partial charge is 0.493 e. The van der Waals surface area contributed by atoms with Gasteiger partial charge in [0.15, 0.2) is 18.1 Å². The third-order valence-corrected chi connectivity index (χ3v) is 5.91. The molecule has 0 aliphatic heterocycles. The van der Waals surface area contributed by atoms with Gasteiger partial charge in [0, 0.05) is 18.5 Å². The van der Waals surface area contributed by atoms with E-state index in [-0.39, 0.29) is 23.9 Å². The van der Waals surface area contributed by atoms with Crippen molar-refractivity contribution in [3.05, 3.63) is 52.0 Å². The molecule has 0 saturated heterocycles. The molecule has 2 aromatic heterocycles. The zero-order chi connectivity index (χ0) is 24.2. The summed E-state index contributed by atoms with van der Waals surface area (Å²) in [4.78, 5) is 28.4. The van der Waals surface area contributed by atoms with Crippen LogP contribution in [0, 0.1) is 6.92 Å². The molecule has 33 heavy (non-hydrogen) atoms. The summed E-state index contributed by atoms with van der Waals surface area (Å²) in [6.45, 7) is 3.97. The van der Waals surface area contributed by atoms with Crippen LogP contribution < -0.4 is 20.1 Å². The Bertz CT molecular complexity index is 1180. The number of amides is 2. The first-order chi connectivity index (χ1) is 15.6. The molecule has 0 spiro atoms. The highest BCUT2D eigenvalue weighted by atomic mass is 32.1. The van der Waals surface area contributed by atoms with Gasteiger partial charge in [-0.05, 0) is 49.2 Å². The van der Waals surface area contributed by atoms with Crippen molar-refractivity contribution in [3.8, 4) is 11.5 Å². The van der Waals surface area contributed by atoms with Crippen LogP contribution >= 0.6 is 11.3 Å². The average molecular weight is 481 g/mol. The molecule has 0 saturated carbocycles. The fourth-order valence-electron chi connectivity index (χ4n) is 3.07. The summed E-state index contributed by atoms with van der Waals surface area (Å²) in [6.07, 6.45) is -4.55. The highest BCUT2D eigenvalue weighted by Gasteiger charge is 2.33. The molecule has 0 fully saturated rings. The quantitative estimate of drug-likeness (QED) is 0.506. The van der Waals surface area contributed by atoms with Gasteiger partial charge in [-0.15, -0.1) is 11.3 Å². The number of aromatic nitrogens is 1. The number of alkyl halides is 3. The SMILES string of the molecule is CCNC(=O)COc1ccc(CNC(=O)c2sc3nc(C(F)(F)F)ccc3c2C)cc1OC. The number of ether oxygens (including phenoxy) is 2. The van der Waals surface area contributed by atoms with E-state index < -0.39 is 17.8 Å². The summed E-state index contributed by atoms with van der Waals surface area (Å²) < 4.78 is 49.5. The Morgan fingerprint density at radius 3 is 2.55 bits per heavy atom. The molecule has 3 rings (SSSR count). The highest BCUT2D eigenvalue weighted by molar-refractivity contribution is 7.20. The molecule has 0 atom stereocenters. The van der Waals surface area contributed by atoms with E-state index in [1.807, 2.05) is 0 Å². The number of hydrogen-bond acceptors (Lipinski definition) is 6. The van der Waals surface area contributed by atoms with Crippen LogP contribution in [0.3, 0.4) is 0 Å². The molecule has 2 heterocycles. The number of aryl methyl sites for hydroxylation is 1. The summed E-state index contributed by atoms with van der Waals surface area (Å²) in [7, 11) is 1.46. The van der Waals surface area contributed by atoms with Gasteiger partial charge in [-0.1, -0.05) is 6.07 Å². The summed E-state index contributed by atoms with van der Waals surface area (Å²) in [5.74, 6) is 0.102. The van der Waals surface area contributed by atoms with E-state index in [1.165, 1.54) is 13.2 Å². The molecule has 176 valence electrons. The summed E-state index contributed by atoms with van der Waals surface area (Å²) in [5.41, 5.74) is 0.284. The number of nitrogens with one attached hydrogen (secondary N) is 2. The van der Waals surface area contributed by atoms with Gasteiger partial charge in [0.1, 0.15) is 10.5 Å². The molecular weight excluding hydrogens is 459 g/mol. The lowest BCUT2D eigenvalue weighted by Gasteiger charge is -2.12. The third kappa shape index (κ3) is 5.72. The Hall–Kier alpha value is -3.34. The van der Waals surface area contributed by atoms with E-state index in [4.69, 9.17) is 9.47 Å². The molecule has 3 aromatic rings. The summed E-state index contributed by atoms with van der Waals surface area (Å²) in [6, 6.07) is 7.25. The first-order valence-corrected chi connectivity index (χ1v) is 10.8. The molecule has 7 nitrogen and oxygen atoms in total. The summed E-state index contributed by atoms with van der Waals surface area (Å²) in [5, 5.41) is 5.89. The molecule has 2 amide bonds. The van der Waals surface area contributed by atoms with E-state index in [0.29, 0.717) is 39.4 Å². The van der Waals surface area contributed by atoms with Crippen LogP contribution in [0.25, 0.3) is 10.2 Å². The predicted octanol–water partition coefficient (Wildman–Crippen LogP) is 4.08. The maximum absolute atomic E-state index is 12.9. The molecular formula is C22H22F3N3O4S. The number of fused-ring (bicyclic) bond motifs is 1. The van der Waals surface area contributed by atoms with Gasteiger partial charge in [0.2, 0.25) is 0 Å². The first-order valence-electron chi connectivity index (χ1n) is 9.96. The van der Waals surface area contributed by atoms with Crippen molar-refractivity contribution in [2.75, 3.05) is 20.3 Å². The van der Waals surface area contributed by atoms with Gasteiger partial charge in [-0.2, -0.15) is 13.2 Å². The Balaban J connectivity index is 1.70. The minimum absolute atomic E-state index is 0.153. The van der Waals surface area contributed by atoms with Gasteiger partial charge in [-0.3, -0.25) is 9.59 Å². The number of pyridine rings is 1. The van der Waals surface area contributed by atoms with Crippen molar-refractivity contribution >= 4 is 33.4 Å². The Morgan fingerprint density at radius 1 is 1.12 bits per heavy atom. The highest BCUT2D eigenvalue weighted by Crippen LogP contribution is 2.34. The zero-order valence-corrected chi connectivity index (χ0v) is 18.9. The zero-order valence-electron chi connectivity index (χ0n) is 18.1. The van der Waals surface area contributed by atoms with Crippen LogP contribution in [0.15, 0.2) is 30.3 Å². The lowest BCUT2D eigenvalue weighted by Crippen LogP contribution is -2.28. The van der Waals surface area contributed by atoms with Gasteiger partial charge in [0.25, 0.3) is 11.8 Å². The fraction of sp³-hybridized carbons (Fsp3) is 0.318. The van der Waals surface area contributed by atoms with Gasteiger partial charge in [-0.25, -0.2) is 4.98 Å². The van der Waals surface area contributed by atoms with Crippen LogP contribution in [0.4, 0.5) is 13.2 Å². The molecule has 11 heteroatoms. The molecule has 0 aliphatic carbocycles. The van der Waals surface area contributed by atoms with Crippen molar-refractivity contribution in [2.24, 2.45) is 0 Å². The topological polar surface area (TPSA) is 89.6 Å². The van der Waals surface area contributed by atoms with Crippen molar-refractivity contribution < 1.29 is 32.2 Å². The number of methoxy groups -OCH3 is 1. The van der Waals surface area contributed by atoms with Crippen molar-refractivity contribution in [1.29, 1.82) is 0 Å². The van der Waals surface area contributed by atoms with E-state index in [9.17, 15) is 22.8 Å². The Morgan fingerprint density at radius 2 is 1.88 bits per heavy atom. The number of rotatable bonds is 8. The van der Waals surface area contributed by atoms with Crippen LogP contribution in [-0.2, 0) is 17.5 Å². The van der Waals surface area contributed by atoms with Crippen molar-refractivity contribution in [3.63, 3.8) is 0 Å². The van der Waals surface area contributed by atoms with Crippen molar-refractivity contribution in [2.45, 2.75) is 26.6 Å². The van der Waals surface area contributed by atoms with Gasteiger partial charge >= 0.3 is 6.18 Å². The summed E-state index contributed by atoms with van der Waals surface area (Å²) >= 11 is 0.915. The van der Waals surface area contributed by atoms with Gasteiger partial charge < -0.3 is 20.1 Å². The lowest BCUT2D eigenvalue weighted by molar-refractivity contribution is -0.140. The number of halogens is 3. The number of thiophene rings is 1. The van der Waals surface area contributed by atoms with E-state index in [0.717, 1.165) is 17.4 Å². The molecule has 1 aromatic carbocycles. The number of hydrogen-bond donors (Lipinski definition) is 2. The number of benzene rings is 1. The monoisotopic (exact) mass is 481 g/mol. The van der Waals surface area contributed by atoms with Gasteiger partial charge in [0.05, 0.1) is 12.0 Å². The maximum Gasteiger partial charge on any atom is 0.433 e. The minimum atomic E-state index is -4.55. The van der Waals surface area contributed by atoms with E-state index in [1.54, 1.807) is 32.0 Å². The standard InChI is InChI=1S/C22H22F3N3O4S/c1-4-26-18(29)11-32-15-7-5-13(9-16(15)31-3)10-27-20(30)19-12(2)14-6-8-17(22(23,24)25)28-21(14)33-19/h5-9H,4,10-11H2,1-3H3,(H,26,29)(H,27,30). The molecule has 0 radical (unpaired) electrons. The van der Waals surface area contributed by atoms with Crippen LogP contribution in [0.1, 0.15) is 33.4 Å². The number of carbonyl (C=O) groups is 2. The van der Waals surface area contributed by atoms with E-state index >= 15 is 0 Å². The number of carbonyl (C=O) groups excluding carboxylic acids is 2. The normalized spacial score (nSPS) is 11.3. The number of likely N-dealkylation sites (N-methyl/N-ethyl adjacent to an activating group) is 1.